The normalized spacial score (nSPS) is 16.3. The number of halogens is 1. The van der Waals surface area contributed by atoms with Gasteiger partial charge in [-0.25, -0.2) is 4.98 Å². The van der Waals surface area contributed by atoms with Crippen LogP contribution in [0.25, 0.3) is 0 Å². The molecule has 1 aliphatic rings. The summed E-state index contributed by atoms with van der Waals surface area (Å²) in [6.45, 7) is 0.107. The Labute approximate surface area is 102 Å². The van der Waals surface area contributed by atoms with Crippen LogP contribution < -0.4 is 5.32 Å². The largest absolute Gasteiger partial charge is 0.481 e. The van der Waals surface area contributed by atoms with Gasteiger partial charge in [-0.2, -0.15) is 0 Å². The Bertz CT molecular complexity index is 474. The average Bonchev–Trinajstić information content (AvgIpc) is 3.07. The minimum absolute atomic E-state index is 0.0821. The molecule has 1 amide bonds. The number of hydrogen-bond acceptors (Lipinski definition) is 4. The summed E-state index contributed by atoms with van der Waals surface area (Å²) in [7, 11) is 0. The van der Waals surface area contributed by atoms with Crippen molar-refractivity contribution in [3.63, 3.8) is 0 Å². The Morgan fingerprint density at radius 2 is 2.18 bits per heavy atom. The fraction of sp³-hybridized carbons (Fsp3) is 0.400. The lowest BCUT2D eigenvalue weighted by molar-refractivity contribution is -0.143. The highest BCUT2D eigenvalue weighted by molar-refractivity contribution is 6.29. The number of nitrogens with zero attached hydrogens (tertiary/aromatic N) is 2. The van der Waals surface area contributed by atoms with E-state index in [2.05, 4.69) is 15.3 Å². The summed E-state index contributed by atoms with van der Waals surface area (Å²) in [6.07, 6.45) is 3.77. The molecule has 2 rings (SSSR count). The minimum atomic E-state index is -0.880. The van der Waals surface area contributed by atoms with Gasteiger partial charge in [0.1, 0.15) is 10.8 Å². The molecule has 7 heteroatoms. The second-order valence-corrected chi connectivity index (χ2v) is 4.38. The van der Waals surface area contributed by atoms with E-state index in [1.165, 1.54) is 12.4 Å². The van der Waals surface area contributed by atoms with Crippen molar-refractivity contribution in [3.05, 3.63) is 23.2 Å². The molecule has 1 saturated carbocycles. The van der Waals surface area contributed by atoms with Crippen LogP contribution in [-0.4, -0.2) is 33.5 Å². The first-order valence-electron chi connectivity index (χ1n) is 5.03. The number of hydrogen-bond donors (Lipinski definition) is 2. The summed E-state index contributed by atoms with van der Waals surface area (Å²) >= 11 is 5.59. The molecule has 0 aliphatic heterocycles. The Hall–Kier alpha value is -1.69. The molecule has 0 aromatic carbocycles. The minimum Gasteiger partial charge on any atom is -0.481 e. The van der Waals surface area contributed by atoms with Crippen LogP contribution in [0.2, 0.25) is 5.15 Å². The lowest BCUT2D eigenvalue weighted by Crippen LogP contribution is -2.34. The highest BCUT2D eigenvalue weighted by Gasteiger charge is 2.50. The Kier molecular flexibility index (Phi) is 2.97. The molecular formula is C10H10ClN3O3. The highest BCUT2D eigenvalue weighted by atomic mass is 35.5. The smallest absolute Gasteiger partial charge is 0.311 e. The summed E-state index contributed by atoms with van der Waals surface area (Å²) in [5.41, 5.74) is -0.708. The molecule has 1 aromatic heterocycles. The van der Waals surface area contributed by atoms with E-state index in [9.17, 15) is 9.59 Å². The van der Waals surface area contributed by atoms with Crippen LogP contribution in [0.4, 0.5) is 0 Å². The SMILES string of the molecule is O=C(NCC1(C(=O)O)CC1)c1cncc(Cl)n1. The standard InChI is InChI=1S/C10H10ClN3O3/c11-7-4-12-3-6(14-7)8(15)13-5-10(1-2-10)9(16)17/h3-4H,1-2,5H2,(H,13,15)(H,16,17). The van der Waals surface area contributed by atoms with Crippen molar-refractivity contribution in [2.75, 3.05) is 6.54 Å². The lowest BCUT2D eigenvalue weighted by atomic mass is 10.1. The molecule has 0 spiro atoms. The predicted molar refractivity (Wildman–Crippen MR) is 58.7 cm³/mol. The number of aromatic nitrogens is 2. The predicted octanol–water partition coefficient (Wildman–Crippen LogP) is 0.725. The maximum atomic E-state index is 11.6. The summed E-state index contributed by atoms with van der Waals surface area (Å²) in [5, 5.41) is 11.6. The first-order valence-corrected chi connectivity index (χ1v) is 5.40. The molecule has 1 heterocycles. The van der Waals surface area contributed by atoms with Crippen molar-refractivity contribution in [3.8, 4) is 0 Å². The maximum Gasteiger partial charge on any atom is 0.311 e. The van der Waals surface area contributed by atoms with Gasteiger partial charge in [0.2, 0.25) is 0 Å². The van der Waals surface area contributed by atoms with E-state index in [1.54, 1.807) is 0 Å². The Morgan fingerprint density at radius 3 is 2.71 bits per heavy atom. The molecule has 0 radical (unpaired) electrons. The second kappa shape index (κ2) is 4.29. The molecule has 0 bridgehead atoms. The topological polar surface area (TPSA) is 92.2 Å². The van der Waals surface area contributed by atoms with Crippen molar-refractivity contribution >= 4 is 23.5 Å². The Balaban J connectivity index is 1.96. The van der Waals surface area contributed by atoms with Crippen LogP contribution in [-0.2, 0) is 4.79 Å². The first kappa shape index (κ1) is 11.8. The lowest BCUT2D eigenvalue weighted by Gasteiger charge is -2.10. The molecule has 0 atom stereocenters. The van der Waals surface area contributed by atoms with Crippen LogP contribution >= 0.6 is 11.6 Å². The van der Waals surface area contributed by atoms with E-state index in [4.69, 9.17) is 16.7 Å². The molecule has 0 unspecified atom stereocenters. The third-order valence-electron chi connectivity index (χ3n) is 2.73. The van der Waals surface area contributed by atoms with Crippen molar-refractivity contribution in [2.24, 2.45) is 5.41 Å². The molecule has 1 aromatic rings. The average molecular weight is 256 g/mol. The fourth-order valence-electron chi connectivity index (χ4n) is 1.41. The molecule has 1 fully saturated rings. The van der Waals surface area contributed by atoms with Gasteiger partial charge in [0.05, 0.1) is 17.8 Å². The summed E-state index contributed by atoms with van der Waals surface area (Å²) in [4.78, 5) is 30.0. The van der Waals surface area contributed by atoms with E-state index >= 15 is 0 Å². The van der Waals surface area contributed by atoms with Crippen LogP contribution in [0.15, 0.2) is 12.4 Å². The summed E-state index contributed by atoms with van der Waals surface area (Å²) in [6, 6.07) is 0. The summed E-state index contributed by atoms with van der Waals surface area (Å²) < 4.78 is 0. The number of amides is 1. The van der Waals surface area contributed by atoms with E-state index in [0.717, 1.165) is 0 Å². The van der Waals surface area contributed by atoms with Gasteiger partial charge in [-0.05, 0) is 12.8 Å². The van der Waals surface area contributed by atoms with Gasteiger partial charge in [0.15, 0.2) is 0 Å². The van der Waals surface area contributed by atoms with Crippen molar-refractivity contribution in [1.29, 1.82) is 0 Å². The van der Waals surface area contributed by atoms with Gasteiger partial charge in [0.25, 0.3) is 5.91 Å². The molecule has 17 heavy (non-hydrogen) atoms. The van der Waals surface area contributed by atoms with Crippen LogP contribution in [0.1, 0.15) is 23.3 Å². The van der Waals surface area contributed by atoms with E-state index in [0.29, 0.717) is 12.8 Å². The molecular weight excluding hydrogens is 246 g/mol. The van der Waals surface area contributed by atoms with E-state index in [-0.39, 0.29) is 17.4 Å². The molecule has 1 aliphatic carbocycles. The van der Waals surface area contributed by atoms with Gasteiger partial charge in [-0.1, -0.05) is 11.6 Å². The number of carboxylic acid groups (broad SMARTS) is 1. The first-order chi connectivity index (χ1) is 8.03. The van der Waals surface area contributed by atoms with E-state index < -0.39 is 17.3 Å². The maximum absolute atomic E-state index is 11.6. The quantitative estimate of drug-likeness (QED) is 0.827. The number of carbonyl (C=O) groups excluding carboxylic acids is 1. The monoisotopic (exact) mass is 255 g/mol. The third kappa shape index (κ3) is 2.52. The van der Waals surface area contributed by atoms with Gasteiger partial charge in [-0.3, -0.25) is 14.6 Å². The molecule has 2 N–H and O–H groups in total. The second-order valence-electron chi connectivity index (χ2n) is 4.00. The van der Waals surface area contributed by atoms with Gasteiger partial charge in [0, 0.05) is 6.54 Å². The molecule has 0 saturated heterocycles. The van der Waals surface area contributed by atoms with Crippen LogP contribution in [0.5, 0.6) is 0 Å². The number of nitrogens with one attached hydrogen (secondary N) is 1. The zero-order chi connectivity index (χ0) is 12.5. The van der Waals surface area contributed by atoms with Crippen molar-refractivity contribution in [1.82, 2.24) is 15.3 Å². The van der Waals surface area contributed by atoms with Crippen molar-refractivity contribution in [2.45, 2.75) is 12.8 Å². The highest BCUT2D eigenvalue weighted by Crippen LogP contribution is 2.45. The van der Waals surface area contributed by atoms with Crippen LogP contribution in [0.3, 0.4) is 0 Å². The number of carbonyl (C=O) groups is 2. The zero-order valence-electron chi connectivity index (χ0n) is 8.81. The third-order valence-corrected chi connectivity index (χ3v) is 2.91. The van der Waals surface area contributed by atoms with Crippen molar-refractivity contribution < 1.29 is 14.7 Å². The number of aliphatic carboxylic acids is 1. The zero-order valence-corrected chi connectivity index (χ0v) is 9.57. The number of carboxylic acids is 1. The van der Waals surface area contributed by atoms with Gasteiger partial charge >= 0.3 is 5.97 Å². The van der Waals surface area contributed by atoms with Gasteiger partial charge < -0.3 is 10.4 Å². The van der Waals surface area contributed by atoms with Gasteiger partial charge in [-0.15, -0.1) is 0 Å². The molecule has 6 nitrogen and oxygen atoms in total. The van der Waals surface area contributed by atoms with Crippen LogP contribution in [0, 0.1) is 5.41 Å². The molecule has 90 valence electrons. The number of rotatable bonds is 4. The summed E-state index contributed by atoms with van der Waals surface area (Å²) in [5.74, 6) is -1.34. The fourth-order valence-corrected chi connectivity index (χ4v) is 1.56. The Morgan fingerprint density at radius 1 is 1.47 bits per heavy atom. The van der Waals surface area contributed by atoms with E-state index in [1.807, 2.05) is 0 Å².